The van der Waals surface area contributed by atoms with Gasteiger partial charge in [0.2, 0.25) is 47.3 Å². The van der Waals surface area contributed by atoms with Gasteiger partial charge < -0.3 is 59.8 Å². The Morgan fingerprint density at radius 2 is 0.576 bits per heavy atom. The minimum Gasteiger partial charge on any atom is -0.381 e. The van der Waals surface area contributed by atoms with Crippen molar-refractivity contribution in [3.63, 3.8) is 0 Å². The molecule has 0 bridgehead atoms. The smallest absolute Gasteiger partial charge is 0.255 e. The van der Waals surface area contributed by atoms with Gasteiger partial charge in [0, 0.05) is 245 Å². The Kier molecular flexibility index (Phi) is 22.8. The number of hydrogen-bond acceptors (Lipinski definition) is 24. The first-order chi connectivity index (χ1) is 71.2. The summed E-state index contributed by atoms with van der Waals surface area (Å²) in [6, 6.07) is 41.9. The first-order valence-electron chi connectivity index (χ1n) is 52.9. The molecule has 32 nitrogen and oxygen atoms in total. The van der Waals surface area contributed by atoms with E-state index in [1.165, 1.54) is 15.9 Å². The molecule has 8 N–H and O–H groups in total. The first kappa shape index (κ1) is 70.9. The zero-order valence-electron chi connectivity index (χ0n) is 90.2. The summed E-state index contributed by atoms with van der Waals surface area (Å²) < 4.78 is 174. The molecule has 12 amide bonds. The molecule has 8 fully saturated rings. The molecule has 20 rings (SSSR count). The summed E-state index contributed by atoms with van der Waals surface area (Å²) in [6.45, 7) is 1.74. The van der Waals surface area contributed by atoms with E-state index in [1.807, 2.05) is 72.0 Å². The largest absolute Gasteiger partial charge is 0.381 e. The molecule has 12 heterocycles. The second-order valence-corrected chi connectivity index (χ2v) is 32.5. The van der Waals surface area contributed by atoms with Crippen LogP contribution in [-0.2, 0) is 136 Å². The van der Waals surface area contributed by atoms with Gasteiger partial charge in [0.25, 0.3) is 23.6 Å². The molecule has 0 saturated carbocycles. The highest BCUT2D eigenvalue weighted by Crippen LogP contribution is 2.39. The highest BCUT2D eigenvalue weighted by molar-refractivity contribution is 6.09. The summed E-state index contributed by atoms with van der Waals surface area (Å²) in [5.41, 5.74) is 11.2. The molecule has 0 radical (unpaired) electrons. The summed E-state index contributed by atoms with van der Waals surface area (Å²) in [5.74, 6) is -9.48. The standard InChI is InChI=1S/4C25H28N4O4/c4*30-23-9-8-22(24(31)27-23)29-16-20-19(25(29)32)6-3-7-21(20)26-14-17-4-1-2-5-18(17)15-28-10-12-33-13-11-28/h4*1-7,22,26H,8-16H2,(H,27,30,31)/i8D2,9D2,15D2,22D;8D2,9D2,15D2;15D2,22D;15D2. The maximum atomic E-state index is 13.4. The van der Waals surface area contributed by atoms with Crippen molar-refractivity contribution in [3.05, 3.63) is 259 Å². The third-order valence-corrected chi connectivity index (χ3v) is 24.2. The number of nitrogens with zero attached hydrogens (tertiary/aromatic N) is 8. The van der Waals surface area contributed by atoms with Gasteiger partial charge in [-0.05, 0) is 119 Å². The number of piperidine rings is 4. The number of carbonyl (C=O) groups excluding carboxylic acids is 12. The third-order valence-electron chi connectivity index (χ3n) is 24.2. The third kappa shape index (κ3) is 21.5. The molecule has 8 saturated heterocycles. The van der Waals surface area contributed by atoms with Crippen LogP contribution in [0.4, 0.5) is 22.7 Å². The number of benzene rings is 8. The minimum absolute atomic E-state index is 0.00238. The maximum absolute atomic E-state index is 13.4. The van der Waals surface area contributed by atoms with Gasteiger partial charge in [0.1, 0.15) is 24.1 Å². The highest BCUT2D eigenvalue weighted by Gasteiger charge is 2.45. The van der Waals surface area contributed by atoms with Crippen molar-refractivity contribution in [2.75, 3.05) is 126 Å². The molecule has 132 heavy (non-hydrogen) atoms. The Morgan fingerprint density at radius 1 is 0.303 bits per heavy atom. The lowest BCUT2D eigenvalue weighted by atomic mass is 10.0. The molecular formula is C100H112N16O16. The molecule has 8 aromatic rings. The molecule has 12 aliphatic heterocycles. The van der Waals surface area contributed by atoms with Gasteiger partial charge in [-0.25, -0.2) is 0 Å². The van der Waals surface area contributed by atoms with Gasteiger partial charge in [-0.1, -0.05) is 121 Å². The Balaban J connectivity index is 0.000000136. The zero-order chi connectivity index (χ0) is 107. The van der Waals surface area contributed by atoms with Crippen molar-refractivity contribution in [3.8, 4) is 0 Å². The molecule has 32 heteroatoms. The molecule has 688 valence electrons. The first-order valence-corrected chi connectivity index (χ1v) is 43.9. The van der Waals surface area contributed by atoms with E-state index >= 15 is 0 Å². The molecule has 12 aliphatic rings. The zero-order valence-corrected chi connectivity index (χ0v) is 72.2. The average Bonchev–Trinajstić information content (AvgIpc) is 1.27. The van der Waals surface area contributed by atoms with Crippen molar-refractivity contribution in [2.24, 2.45) is 0 Å². The van der Waals surface area contributed by atoms with E-state index in [1.54, 1.807) is 122 Å². The van der Waals surface area contributed by atoms with Gasteiger partial charge in [-0.2, -0.15) is 0 Å². The molecular weight excluding hydrogens is 1680 g/mol. The number of hydrogen-bond donors (Lipinski definition) is 8. The van der Waals surface area contributed by atoms with Crippen molar-refractivity contribution in [2.45, 2.75) is 154 Å². The van der Waals surface area contributed by atoms with Crippen molar-refractivity contribution in [1.29, 1.82) is 0 Å². The minimum atomic E-state index is -3.35. The maximum Gasteiger partial charge on any atom is 0.255 e. The van der Waals surface area contributed by atoms with Gasteiger partial charge in [-0.15, -0.1) is 0 Å². The number of nitrogens with one attached hydrogen (secondary N) is 8. The van der Waals surface area contributed by atoms with Crippen LogP contribution < -0.4 is 42.5 Å². The second-order valence-electron chi connectivity index (χ2n) is 32.5. The number of morpholine rings is 4. The quantitative estimate of drug-likeness (QED) is 0.0270. The number of rotatable bonds is 24. The van der Waals surface area contributed by atoms with E-state index in [4.69, 9.17) is 43.6 Å². The van der Waals surface area contributed by atoms with Crippen LogP contribution in [0.5, 0.6) is 0 Å². The van der Waals surface area contributed by atoms with Crippen LogP contribution in [0.3, 0.4) is 0 Å². The van der Waals surface area contributed by atoms with Crippen molar-refractivity contribution >= 4 is 93.6 Å². The molecule has 8 aromatic carbocycles. The van der Waals surface area contributed by atoms with E-state index in [0.29, 0.717) is 208 Å². The van der Waals surface area contributed by atoms with E-state index in [-0.39, 0.29) is 81.5 Å². The molecule has 4 atom stereocenters. The number of anilines is 4. The predicted octanol–water partition coefficient (Wildman–Crippen LogP) is 7.57. The van der Waals surface area contributed by atoms with Gasteiger partial charge in [0.15, 0.2) is 0 Å². The SMILES string of the molecule is [2H]C([2H])(c1ccccc1CNc1cccc2c1CN(C1([2H])C(=O)NC(=O)C([2H])([2H])C1([2H])[2H])C2=O)N1CCOCC1.[2H]C([2H])(c1ccccc1CNc1cccc2c1CN(C1C(=O)NC(=O)C([2H])([2H])C1([2H])[2H])C2=O)N1CCOCC1.[2H]C([2H])(c1ccccc1CNc1cccc2c1CN(C1CCC(=O)NC1=O)C2=O)N1CCOCC1.[2H]C1(N2Cc3c(NCc4ccccc4C([2H])([2H])N4CCOCC4)cccc3C2=O)CCC(=O)NC1=O. The van der Waals surface area contributed by atoms with Gasteiger partial charge >= 0.3 is 0 Å². The fraction of sp³-hybridized carbons (Fsp3) is 0.400. The van der Waals surface area contributed by atoms with E-state index in [2.05, 4.69) is 31.9 Å². The van der Waals surface area contributed by atoms with Crippen molar-refractivity contribution in [1.82, 2.24) is 60.5 Å². The van der Waals surface area contributed by atoms with Crippen LogP contribution in [0.25, 0.3) is 0 Å². The van der Waals surface area contributed by atoms with E-state index < -0.39 is 135 Å². The Hall–Kier alpha value is -12.9. The predicted molar refractivity (Wildman–Crippen MR) is 489 cm³/mol. The highest BCUT2D eigenvalue weighted by atomic mass is 16.5. The number of fused-ring (bicyclic) bond motifs is 4. The molecule has 4 unspecified atom stereocenters. The number of amides is 12. The summed E-state index contributed by atoms with van der Waals surface area (Å²) >= 11 is 0. The topological polar surface area (TPSA) is 364 Å². The van der Waals surface area contributed by atoms with Crippen LogP contribution in [0.15, 0.2) is 170 Å². The normalized spacial score (nSPS) is 26.2. The molecule has 0 spiro atoms. The second kappa shape index (κ2) is 42.5. The lowest BCUT2D eigenvalue weighted by molar-refractivity contribution is -0.138. The van der Waals surface area contributed by atoms with Crippen molar-refractivity contribution < 1.29 is 101 Å². The molecule has 0 aromatic heterocycles. The van der Waals surface area contributed by atoms with Gasteiger partial charge in [-0.3, -0.25) is 98.4 Å². The lowest BCUT2D eigenvalue weighted by Gasteiger charge is -2.29. The van der Waals surface area contributed by atoms with Crippen LogP contribution in [-0.4, -0.2) is 239 Å². The average molecular weight is 1810 g/mol. The summed E-state index contributed by atoms with van der Waals surface area (Å²) in [6.07, 6.45) is -12.1. The lowest BCUT2D eigenvalue weighted by Crippen LogP contribution is -2.52. The summed E-state index contributed by atoms with van der Waals surface area (Å²) in [7, 11) is 0. The number of imide groups is 4. The van der Waals surface area contributed by atoms with Crippen LogP contribution in [0.1, 0.15) is 184 Å². The Bertz CT molecular complexity index is 6650. The Morgan fingerprint density at radius 3 is 0.924 bits per heavy atom. The number of ether oxygens (including phenoxy) is 4. The Labute approximate surface area is 791 Å². The summed E-state index contributed by atoms with van der Waals surface area (Å²) in [5, 5.41) is 21.3. The van der Waals surface area contributed by atoms with Crippen LogP contribution in [0, 0.1) is 0 Å². The van der Waals surface area contributed by atoms with Gasteiger partial charge in [0.05, 0.1) is 55.6 Å². The number of carbonyl (C=O) groups is 12. The van der Waals surface area contributed by atoms with E-state index in [0.717, 1.165) is 27.3 Å². The monoisotopic (exact) mass is 1810 g/mol. The fourth-order valence-corrected chi connectivity index (χ4v) is 17.2. The van der Waals surface area contributed by atoms with Crippen LogP contribution in [0.2, 0.25) is 0 Å². The summed E-state index contributed by atoms with van der Waals surface area (Å²) in [4.78, 5) is 162. The van der Waals surface area contributed by atoms with Crippen LogP contribution >= 0.6 is 0 Å². The van der Waals surface area contributed by atoms with E-state index in [9.17, 15) is 57.5 Å². The fourth-order valence-electron chi connectivity index (χ4n) is 17.2. The molecule has 0 aliphatic carbocycles.